The van der Waals surface area contributed by atoms with Crippen molar-refractivity contribution in [2.45, 2.75) is 20.5 Å². The number of nitrogens with zero attached hydrogens (tertiary/aromatic N) is 1. The number of para-hydroxylation sites is 1. The summed E-state index contributed by atoms with van der Waals surface area (Å²) >= 11 is 0. The van der Waals surface area contributed by atoms with Crippen molar-refractivity contribution in [3.63, 3.8) is 0 Å². The molecule has 28 heavy (non-hydrogen) atoms. The van der Waals surface area contributed by atoms with Crippen LogP contribution in [0, 0.1) is 0 Å². The van der Waals surface area contributed by atoms with E-state index in [1.165, 1.54) is 0 Å². The van der Waals surface area contributed by atoms with Crippen LogP contribution in [0.2, 0.25) is 0 Å². The molecule has 0 fully saturated rings. The molecule has 8 heteroatoms. The van der Waals surface area contributed by atoms with Gasteiger partial charge in [0.25, 0.3) is 0 Å². The molecule has 0 aliphatic carbocycles. The number of hydrogen-bond acceptors (Lipinski definition) is 7. The van der Waals surface area contributed by atoms with Crippen LogP contribution < -0.4 is 5.32 Å². The zero-order chi connectivity index (χ0) is 19.8. The molecular weight excluding hydrogens is 379 g/mol. The fraction of sp³-hybridized carbons (Fsp3) is 0.250. The van der Waals surface area contributed by atoms with Crippen molar-refractivity contribution in [3.8, 4) is 0 Å². The molecule has 7 nitrogen and oxygen atoms in total. The number of aromatic nitrogens is 1. The summed E-state index contributed by atoms with van der Waals surface area (Å²) in [6, 6.07) is 19.4. The Labute approximate surface area is 164 Å². The highest BCUT2D eigenvalue weighted by molar-refractivity contribution is 7.48. The first-order valence-electron chi connectivity index (χ1n) is 9.04. The van der Waals surface area contributed by atoms with E-state index in [0.29, 0.717) is 0 Å². The van der Waals surface area contributed by atoms with Gasteiger partial charge in [0.2, 0.25) is 0 Å². The smallest absolute Gasteiger partial charge is 0.340 e. The molecule has 0 aliphatic rings. The number of benzene rings is 2. The van der Waals surface area contributed by atoms with E-state index in [0.717, 1.165) is 28.0 Å². The van der Waals surface area contributed by atoms with E-state index in [1.807, 2.05) is 60.7 Å². The fourth-order valence-corrected chi connectivity index (χ4v) is 3.55. The van der Waals surface area contributed by atoms with Gasteiger partial charge in [-0.15, -0.1) is 4.67 Å². The minimum atomic E-state index is -3.69. The second kappa shape index (κ2) is 9.78. The van der Waals surface area contributed by atoms with Gasteiger partial charge in [-0.3, -0.25) is 9.05 Å². The first kappa shape index (κ1) is 20.5. The highest BCUT2D eigenvalue weighted by atomic mass is 31.2. The number of pyridine rings is 1. The predicted molar refractivity (Wildman–Crippen MR) is 108 cm³/mol. The fourth-order valence-electron chi connectivity index (χ4n) is 2.58. The molecule has 0 aliphatic heterocycles. The number of phosphoric ester groups is 1. The van der Waals surface area contributed by atoms with Crippen LogP contribution in [0.4, 0.5) is 11.5 Å². The summed E-state index contributed by atoms with van der Waals surface area (Å²) in [7, 11) is -3.69. The molecule has 0 amide bonds. The van der Waals surface area contributed by atoms with Crippen molar-refractivity contribution in [1.29, 1.82) is 0 Å². The minimum absolute atomic E-state index is 0.0881. The molecule has 1 N–H and O–H groups in total. The molecule has 2 aromatic carbocycles. The van der Waals surface area contributed by atoms with Crippen LogP contribution in [-0.4, -0.2) is 18.2 Å². The Morgan fingerprint density at radius 3 is 2.54 bits per heavy atom. The molecule has 3 rings (SSSR count). The SMILES string of the molecule is CCOP(=O)(OCC)OOCc1cccc(Nc2ccc3ccccc3n2)c1. The van der Waals surface area contributed by atoms with Crippen molar-refractivity contribution in [2.24, 2.45) is 0 Å². The maximum absolute atomic E-state index is 12.2. The summed E-state index contributed by atoms with van der Waals surface area (Å²) < 4.78 is 27.1. The lowest BCUT2D eigenvalue weighted by Crippen LogP contribution is -2.02. The first-order chi connectivity index (χ1) is 13.6. The van der Waals surface area contributed by atoms with Crippen LogP contribution in [0.25, 0.3) is 10.9 Å². The molecule has 0 spiro atoms. The second-order valence-electron chi connectivity index (χ2n) is 5.83. The van der Waals surface area contributed by atoms with Crippen LogP contribution in [0.5, 0.6) is 0 Å². The Hall–Kier alpha value is -2.28. The van der Waals surface area contributed by atoms with Gasteiger partial charge in [0.05, 0.1) is 18.7 Å². The summed E-state index contributed by atoms with van der Waals surface area (Å²) in [5.74, 6) is 0.741. The van der Waals surface area contributed by atoms with Gasteiger partial charge in [-0.05, 0) is 49.7 Å². The maximum atomic E-state index is 12.2. The molecule has 1 heterocycles. The lowest BCUT2D eigenvalue weighted by atomic mass is 10.2. The van der Waals surface area contributed by atoms with Crippen molar-refractivity contribution < 1.29 is 23.2 Å². The van der Waals surface area contributed by atoms with Crippen LogP contribution in [0.15, 0.2) is 60.7 Å². The number of rotatable bonds is 10. The topological polar surface area (TPSA) is 78.9 Å². The van der Waals surface area contributed by atoms with Gasteiger partial charge in [0, 0.05) is 11.1 Å². The van der Waals surface area contributed by atoms with Gasteiger partial charge in [-0.1, -0.05) is 30.3 Å². The molecule has 0 bridgehead atoms. The van der Waals surface area contributed by atoms with Crippen molar-refractivity contribution in [3.05, 3.63) is 66.2 Å². The standard InChI is InChI=1S/C20H23N2O5P/c1-3-25-28(23,26-4-2)27-24-15-16-8-7-10-18(14-16)21-20-13-12-17-9-5-6-11-19(17)22-20/h5-14H,3-4,15H2,1-2H3,(H,21,22). The van der Waals surface area contributed by atoms with Crippen LogP contribution in [-0.2, 0) is 29.8 Å². The number of phosphoric acid groups is 1. The number of anilines is 2. The Balaban J connectivity index is 1.62. The van der Waals surface area contributed by atoms with Gasteiger partial charge in [-0.2, -0.15) is 0 Å². The highest BCUT2D eigenvalue weighted by Gasteiger charge is 2.27. The Kier molecular flexibility index (Phi) is 7.14. The largest absolute Gasteiger partial charge is 0.502 e. The Morgan fingerprint density at radius 2 is 1.75 bits per heavy atom. The minimum Gasteiger partial charge on any atom is -0.340 e. The van der Waals surface area contributed by atoms with E-state index in [9.17, 15) is 4.57 Å². The average Bonchev–Trinajstić information content (AvgIpc) is 2.68. The summed E-state index contributed by atoms with van der Waals surface area (Å²) in [6.07, 6.45) is 0. The normalized spacial score (nSPS) is 11.6. The Morgan fingerprint density at radius 1 is 0.964 bits per heavy atom. The van der Waals surface area contributed by atoms with Crippen molar-refractivity contribution in [1.82, 2.24) is 4.98 Å². The molecular formula is C20H23N2O5P. The summed E-state index contributed by atoms with van der Waals surface area (Å²) in [5.41, 5.74) is 2.59. The maximum Gasteiger partial charge on any atom is 0.502 e. The van der Waals surface area contributed by atoms with E-state index in [1.54, 1.807) is 13.8 Å². The van der Waals surface area contributed by atoms with E-state index in [-0.39, 0.29) is 19.8 Å². The molecule has 3 aromatic rings. The zero-order valence-electron chi connectivity index (χ0n) is 15.8. The molecule has 0 atom stereocenters. The van der Waals surface area contributed by atoms with Gasteiger partial charge in [0.1, 0.15) is 12.4 Å². The summed E-state index contributed by atoms with van der Waals surface area (Å²) in [6.45, 7) is 3.87. The molecule has 148 valence electrons. The monoisotopic (exact) mass is 402 g/mol. The summed E-state index contributed by atoms with van der Waals surface area (Å²) in [5, 5.41) is 4.36. The van der Waals surface area contributed by atoms with Gasteiger partial charge in [0.15, 0.2) is 0 Å². The molecule has 1 aromatic heterocycles. The lowest BCUT2D eigenvalue weighted by molar-refractivity contribution is -0.236. The van der Waals surface area contributed by atoms with E-state index in [2.05, 4.69) is 10.3 Å². The second-order valence-corrected chi connectivity index (χ2v) is 7.39. The quantitative estimate of drug-likeness (QED) is 0.268. The van der Waals surface area contributed by atoms with Crippen LogP contribution in [0.3, 0.4) is 0 Å². The predicted octanol–water partition coefficient (Wildman–Crippen LogP) is 5.61. The van der Waals surface area contributed by atoms with Crippen LogP contribution in [0.1, 0.15) is 19.4 Å². The highest BCUT2D eigenvalue weighted by Crippen LogP contribution is 2.49. The third-order valence-corrected chi connectivity index (χ3v) is 5.18. The Bertz CT molecular complexity index is 956. The zero-order valence-corrected chi connectivity index (χ0v) is 16.7. The summed E-state index contributed by atoms with van der Waals surface area (Å²) in [4.78, 5) is 9.69. The number of fused-ring (bicyclic) bond motifs is 1. The van der Waals surface area contributed by atoms with Crippen molar-refractivity contribution in [2.75, 3.05) is 18.5 Å². The van der Waals surface area contributed by atoms with Gasteiger partial charge < -0.3 is 5.32 Å². The van der Waals surface area contributed by atoms with Crippen molar-refractivity contribution >= 4 is 30.2 Å². The number of hydrogen-bond donors (Lipinski definition) is 1. The number of nitrogens with one attached hydrogen (secondary N) is 1. The molecule has 0 saturated heterocycles. The van der Waals surface area contributed by atoms with E-state index >= 15 is 0 Å². The van der Waals surface area contributed by atoms with Gasteiger partial charge >= 0.3 is 7.82 Å². The van der Waals surface area contributed by atoms with E-state index < -0.39 is 7.82 Å². The molecule has 0 saturated carbocycles. The third kappa shape index (κ3) is 5.61. The lowest BCUT2D eigenvalue weighted by Gasteiger charge is -2.15. The molecule has 0 radical (unpaired) electrons. The molecule has 0 unspecified atom stereocenters. The third-order valence-electron chi connectivity index (χ3n) is 3.74. The average molecular weight is 402 g/mol. The first-order valence-corrected chi connectivity index (χ1v) is 10.5. The van der Waals surface area contributed by atoms with E-state index in [4.69, 9.17) is 18.6 Å². The van der Waals surface area contributed by atoms with Gasteiger partial charge in [-0.25, -0.2) is 14.4 Å². The van der Waals surface area contributed by atoms with Crippen LogP contribution >= 0.6 is 7.82 Å².